The van der Waals surface area contributed by atoms with Crippen molar-refractivity contribution >= 4 is 23.5 Å². The van der Waals surface area contributed by atoms with Crippen molar-refractivity contribution in [3.05, 3.63) is 77.0 Å². The third kappa shape index (κ3) is 2.55. The smallest absolute Gasteiger partial charge is 0.314 e. The van der Waals surface area contributed by atoms with Crippen LogP contribution in [0.2, 0.25) is 0 Å². The maximum absolute atomic E-state index is 14.4. The van der Waals surface area contributed by atoms with E-state index in [9.17, 15) is 14.4 Å². The maximum Gasteiger partial charge on any atom is 0.314 e. The highest BCUT2D eigenvalue weighted by Crippen LogP contribution is 2.60. The minimum absolute atomic E-state index is 0.218. The first-order valence-corrected chi connectivity index (χ1v) is 11.1. The number of hydrogen-bond donors (Lipinski definition) is 0. The molecule has 3 heterocycles. The molecule has 0 saturated carbocycles. The van der Waals surface area contributed by atoms with Gasteiger partial charge in [-0.15, -0.1) is 0 Å². The summed E-state index contributed by atoms with van der Waals surface area (Å²) < 4.78 is 5.51. The second-order valence-corrected chi connectivity index (χ2v) is 8.69. The van der Waals surface area contributed by atoms with Crippen molar-refractivity contribution < 1.29 is 19.1 Å². The molecule has 0 aliphatic carbocycles. The van der Waals surface area contributed by atoms with E-state index in [1.807, 2.05) is 49.5 Å². The Morgan fingerprint density at radius 2 is 1.84 bits per heavy atom. The molecule has 2 aromatic carbocycles. The van der Waals surface area contributed by atoms with Crippen molar-refractivity contribution in [3.63, 3.8) is 0 Å². The molecule has 0 fully saturated rings. The number of benzene rings is 2. The minimum atomic E-state index is -1.29. The molecule has 6 heteroatoms. The van der Waals surface area contributed by atoms with Crippen molar-refractivity contribution in [3.8, 4) is 0 Å². The van der Waals surface area contributed by atoms with Crippen LogP contribution in [0.4, 0.5) is 5.69 Å². The van der Waals surface area contributed by atoms with Gasteiger partial charge in [0.1, 0.15) is 11.3 Å². The second kappa shape index (κ2) is 7.33. The third-order valence-electron chi connectivity index (χ3n) is 7.02. The van der Waals surface area contributed by atoms with E-state index in [1.54, 1.807) is 13.0 Å². The van der Waals surface area contributed by atoms with E-state index in [-0.39, 0.29) is 18.4 Å². The van der Waals surface area contributed by atoms with Crippen LogP contribution in [-0.2, 0) is 31.0 Å². The van der Waals surface area contributed by atoms with E-state index in [0.29, 0.717) is 11.3 Å². The maximum atomic E-state index is 14.4. The lowest BCUT2D eigenvalue weighted by Gasteiger charge is -2.52. The predicted octanol–water partition coefficient (Wildman–Crippen LogP) is 3.51. The Hall–Kier alpha value is -3.41. The van der Waals surface area contributed by atoms with Crippen LogP contribution in [-0.4, -0.2) is 35.8 Å². The summed E-state index contributed by atoms with van der Waals surface area (Å²) in [5.41, 5.74) is 2.92. The zero-order valence-corrected chi connectivity index (χ0v) is 18.5. The number of esters is 1. The summed E-state index contributed by atoms with van der Waals surface area (Å²) in [5, 5.41) is 0. The summed E-state index contributed by atoms with van der Waals surface area (Å²) in [5.74, 6) is -1.97. The summed E-state index contributed by atoms with van der Waals surface area (Å²) in [6.07, 6.45) is 2.85. The molecule has 5 rings (SSSR count). The Kier molecular flexibility index (Phi) is 4.69. The molecule has 0 N–H and O–H groups in total. The SMILES string of the molecule is CCOC(=O)[C@@H]1C(C)=CN2CCc3ccccc3[C@@H]2[C@]12C(=O)N(C(C)=O)c1ccccc12. The second-order valence-electron chi connectivity index (χ2n) is 8.69. The third-order valence-corrected chi connectivity index (χ3v) is 7.02. The Morgan fingerprint density at radius 1 is 1.12 bits per heavy atom. The quantitative estimate of drug-likeness (QED) is 0.682. The molecule has 0 unspecified atom stereocenters. The molecule has 0 saturated heterocycles. The van der Waals surface area contributed by atoms with Gasteiger partial charge in [-0.2, -0.15) is 0 Å². The number of carbonyl (C=O) groups is 3. The predicted molar refractivity (Wildman–Crippen MR) is 120 cm³/mol. The van der Waals surface area contributed by atoms with Crippen molar-refractivity contribution in [1.82, 2.24) is 4.90 Å². The lowest BCUT2D eigenvalue weighted by atomic mass is 9.59. The average molecular weight is 431 g/mol. The highest BCUT2D eigenvalue weighted by Gasteiger charge is 2.67. The summed E-state index contributed by atoms with van der Waals surface area (Å²) in [7, 11) is 0. The monoisotopic (exact) mass is 430 g/mol. The normalized spacial score (nSPS) is 25.7. The first kappa shape index (κ1) is 20.5. The summed E-state index contributed by atoms with van der Waals surface area (Å²) in [6, 6.07) is 15.0. The molecule has 3 aliphatic rings. The molecule has 0 radical (unpaired) electrons. The minimum Gasteiger partial charge on any atom is -0.465 e. The first-order chi connectivity index (χ1) is 15.4. The zero-order valence-electron chi connectivity index (χ0n) is 18.5. The lowest BCUT2D eigenvalue weighted by Crippen LogP contribution is -2.60. The van der Waals surface area contributed by atoms with Crippen LogP contribution >= 0.6 is 0 Å². The van der Waals surface area contributed by atoms with Crippen LogP contribution in [0.5, 0.6) is 0 Å². The van der Waals surface area contributed by atoms with Crippen molar-refractivity contribution in [2.45, 2.75) is 38.6 Å². The molecule has 1 spiro atoms. The van der Waals surface area contributed by atoms with Crippen LogP contribution in [0.25, 0.3) is 0 Å². The van der Waals surface area contributed by atoms with Crippen LogP contribution in [0, 0.1) is 5.92 Å². The van der Waals surface area contributed by atoms with Crippen molar-refractivity contribution in [2.24, 2.45) is 5.92 Å². The summed E-state index contributed by atoms with van der Waals surface area (Å²) in [6.45, 7) is 5.99. The lowest BCUT2D eigenvalue weighted by molar-refractivity contribution is -0.155. The number of anilines is 1. The van der Waals surface area contributed by atoms with E-state index >= 15 is 0 Å². The highest BCUT2D eigenvalue weighted by atomic mass is 16.5. The summed E-state index contributed by atoms with van der Waals surface area (Å²) in [4.78, 5) is 43.9. The van der Waals surface area contributed by atoms with E-state index in [1.165, 1.54) is 11.8 Å². The Bertz CT molecular complexity index is 1170. The molecule has 6 nitrogen and oxygen atoms in total. The van der Waals surface area contributed by atoms with E-state index in [4.69, 9.17) is 4.74 Å². The number of rotatable bonds is 2. The first-order valence-electron chi connectivity index (χ1n) is 11.1. The fraction of sp³-hybridized carbons (Fsp3) is 0.346. The Morgan fingerprint density at radius 3 is 2.59 bits per heavy atom. The van der Waals surface area contributed by atoms with Gasteiger partial charge in [-0.3, -0.25) is 14.4 Å². The molecule has 164 valence electrons. The fourth-order valence-corrected chi connectivity index (χ4v) is 5.97. The molecule has 2 amide bonds. The molecule has 3 atom stereocenters. The van der Waals surface area contributed by atoms with E-state index < -0.39 is 23.3 Å². The number of nitrogens with zero attached hydrogens (tertiary/aromatic N) is 2. The fourth-order valence-electron chi connectivity index (χ4n) is 5.97. The van der Waals surface area contributed by atoms with Crippen LogP contribution in [0.3, 0.4) is 0 Å². The van der Waals surface area contributed by atoms with Gasteiger partial charge in [0, 0.05) is 13.5 Å². The highest BCUT2D eigenvalue weighted by molar-refractivity contribution is 6.24. The number of amides is 2. The summed E-state index contributed by atoms with van der Waals surface area (Å²) >= 11 is 0. The molecule has 0 aromatic heterocycles. The molecule has 0 bridgehead atoms. The van der Waals surface area contributed by atoms with Crippen molar-refractivity contribution in [2.75, 3.05) is 18.1 Å². The standard InChI is InChI=1S/C26H26N2O4/c1-4-32-24(30)22-16(2)15-27-14-13-18-9-5-6-10-19(18)23(27)26(22)20-11-7-8-12-21(20)28(17(3)29)25(26)31/h5-12,15,22-23H,4,13-14H2,1-3H3/t22-,23+,26+/m0/s1. The number of fused-ring (bicyclic) bond motifs is 6. The van der Waals surface area contributed by atoms with Gasteiger partial charge in [0.15, 0.2) is 0 Å². The van der Waals surface area contributed by atoms with Gasteiger partial charge in [-0.05, 0) is 54.8 Å². The number of carbonyl (C=O) groups excluding carboxylic acids is 3. The number of ether oxygens (including phenoxy) is 1. The largest absolute Gasteiger partial charge is 0.465 e. The molecule has 32 heavy (non-hydrogen) atoms. The van der Waals surface area contributed by atoms with Crippen LogP contribution in [0.15, 0.2) is 60.3 Å². The topological polar surface area (TPSA) is 66.9 Å². The molecule has 2 aromatic rings. The van der Waals surface area contributed by atoms with Gasteiger partial charge in [0.25, 0.3) is 0 Å². The zero-order chi connectivity index (χ0) is 22.6. The van der Waals surface area contributed by atoms with Gasteiger partial charge >= 0.3 is 5.97 Å². The van der Waals surface area contributed by atoms with E-state index in [2.05, 4.69) is 11.0 Å². The Labute approximate surface area is 187 Å². The Balaban J connectivity index is 1.88. The molecule has 3 aliphatic heterocycles. The number of para-hydroxylation sites is 1. The van der Waals surface area contributed by atoms with Crippen LogP contribution in [0.1, 0.15) is 43.5 Å². The average Bonchev–Trinajstić information content (AvgIpc) is 3.02. The van der Waals surface area contributed by atoms with Gasteiger partial charge in [-0.1, -0.05) is 42.5 Å². The van der Waals surface area contributed by atoms with Gasteiger partial charge in [-0.25, -0.2) is 4.90 Å². The van der Waals surface area contributed by atoms with Crippen molar-refractivity contribution in [1.29, 1.82) is 0 Å². The number of imide groups is 1. The molecular formula is C26H26N2O4. The van der Waals surface area contributed by atoms with E-state index in [0.717, 1.165) is 29.7 Å². The number of hydrogen-bond acceptors (Lipinski definition) is 5. The molecular weight excluding hydrogens is 404 g/mol. The van der Waals surface area contributed by atoms with Gasteiger partial charge in [0.2, 0.25) is 11.8 Å². The van der Waals surface area contributed by atoms with Gasteiger partial charge in [0.05, 0.1) is 18.3 Å². The van der Waals surface area contributed by atoms with Gasteiger partial charge < -0.3 is 9.64 Å². The van der Waals surface area contributed by atoms with Crippen LogP contribution < -0.4 is 4.90 Å².